The molecule has 0 radical (unpaired) electrons. The van der Waals surface area contributed by atoms with Crippen molar-refractivity contribution in [3.8, 4) is 0 Å². The molecule has 1 amide bonds. The molecule has 1 aromatic rings. The maximum atomic E-state index is 11.4. The van der Waals surface area contributed by atoms with Gasteiger partial charge in [0.2, 0.25) is 5.91 Å². The van der Waals surface area contributed by atoms with Crippen molar-refractivity contribution >= 4 is 11.9 Å². The molecule has 7 heteroatoms. The highest BCUT2D eigenvalue weighted by atomic mass is 16.4. The highest BCUT2D eigenvalue weighted by molar-refractivity contribution is 5.83. The van der Waals surface area contributed by atoms with Crippen molar-refractivity contribution in [2.75, 3.05) is 13.1 Å². The van der Waals surface area contributed by atoms with Gasteiger partial charge < -0.3 is 10.4 Å². The third kappa shape index (κ3) is 2.51. The number of carboxylic acid groups (broad SMARTS) is 1. The van der Waals surface area contributed by atoms with Crippen LogP contribution in [0.1, 0.15) is 11.4 Å². The van der Waals surface area contributed by atoms with E-state index in [1.807, 2.05) is 20.0 Å². The van der Waals surface area contributed by atoms with Gasteiger partial charge in [0.05, 0.1) is 17.9 Å². The van der Waals surface area contributed by atoms with E-state index in [-0.39, 0.29) is 19.0 Å². The summed E-state index contributed by atoms with van der Waals surface area (Å²) in [4.78, 5) is 24.1. The number of aromatic nitrogens is 2. The number of hydrogen-bond donors (Lipinski definition) is 2. The number of piperazine rings is 1. The molecule has 1 saturated heterocycles. The Morgan fingerprint density at radius 1 is 1.67 bits per heavy atom. The summed E-state index contributed by atoms with van der Waals surface area (Å²) in [6.45, 7) is 2.52. The average molecular weight is 252 g/mol. The van der Waals surface area contributed by atoms with E-state index >= 15 is 0 Å². The lowest BCUT2D eigenvalue weighted by atomic mass is 10.1. The molecule has 1 aliphatic heterocycles. The highest BCUT2D eigenvalue weighted by Crippen LogP contribution is 2.11. The molecule has 2 heterocycles. The van der Waals surface area contributed by atoms with Crippen molar-refractivity contribution in [2.24, 2.45) is 7.05 Å². The van der Waals surface area contributed by atoms with E-state index < -0.39 is 12.0 Å². The molecule has 2 N–H and O–H groups in total. The maximum Gasteiger partial charge on any atom is 0.322 e. The standard InChI is InChI=1S/C11H16N4O3/c1-7-3-8(14(2)13-7)5-15-6-10(16)12-4-9(15)11(17)18/h3,9H,4-6H2,1-2H3,(H,12,16)(H,17,18). The van der Waals surface area contributed by atoms with Gasteiger partial charge in [0, 0.05) is 20.1 Å². The molecule has 1 unspecified atom stereocenters. The number of carboxylic acids is 1. The predicted molar refractivity (Wildman–Crippen MR) is 62.8 cm³/mol. The number of amides is 1. The first kappa shape index (κ1) is 12.6. The van der Waals surface area contributed by atoms with E-state index in [1.165, 1.54) is 0 Å². The summed E-state index contributed by atoms with van der Waals surface area (Å²) in [6, 6.07) is 1.21. The molecule has 1 atom stereocenters. The Bertz CT molecular complexity index is 483. The van der Waals surface area contributed by atoms with Gasteiger partial charge in [-0.1, -0.05) is 0 Å². The fourth-order valence-corrected chi connectivity index (χ4v) is 2.12. The molecule has 1 fully saturated rings. The Balaban J connectivity index is 2.16. The molecule has 0 spiro atoms. The van der Waals surface area contributed by atoms with Crippen molar-refractivity contribution in [3.05, 3.63) is 17.5 Å². The van der Waals surface area contributed by atoms with E-state index in [2.05, 4.69) is 10.4 Å². The molecular weight excluding hydrogens is 236 g/mol. The van der Waals surface area contributed by atoms with E-state index in [1.54, 1.807) is 9.58 Å². The van der Waals surface area contributed by atoms with Gasteiger partial charge in [-0.15, -0.1) is 0 Å². The fourth-order valence-electron chi connectivity index (χ4n) is 2.12. The summed E-state index contributed by atoms with van der Waals surface area (Å²) in [5.41, 5.74) is 1.77. The maximum absolute atomic E-state index is 11.4. The second-order valence-corrected chi connectivity index (χ2v) is 4.46. The number of nitrogens with one attached hydrogen (secondary N) is 1. The number of hydrogen-bond acceptors (Lipinski definition) is 4. The molecule has 0 bridgehead atoms. The molecule has 7 nitrogen and oxygen atoms in total. The Labute approximate surface area is 104 Å². The van der Waals surface area contributed by atoms with Crippen LogP contribution in [0, 0.1) is 6.92 Å². The topological polar surface area (TPSA) is 87.5 Å². The summed E-state index contributed by atoms with van der Waals surface area (Å²) >= 11 is 0. The lowest BCUT2D eigenvalue weighted by Crippen LogP contribution is -2.57. The van der Waals surface area contributed by atoms with E-state index in [0.717, 1.165) is 11.4 Å². The zero-order valence-electron chi connectivity index (χ0n) is 10.4. The number of aliphatic carboxylic acids is 1. The van der Waals surface area contributed by atoms with Crippen molar-refractivity contribution in [3.63, 3.8) is 0 Å². The van der Waals surface area contributed by atoms with Crippen LogP contribution in [0.5, 0.6) is 0 Å². The first-order valence-electron chi connectivity index (χ1n) is 5.70. The normalized spacial score (nSPS) is 20.8. The van der Waals surface area contributed by atoms with Crippen LogP contribution in [-0.2, 0) is 23.2 Å². The second kappa shape index (κ2) is 4.77. The molecule has 1 aromatic heterocycles. The van der Waals surface area contributed by atoms with Crippen LogP contribution < -0.4 is 5.32 Å². The second-order valence-electron chi connectivity index (χ2n) is 4.46. The molecule has 0 saturated carbocycles. The first-order chi connectivity index (χ1) is 8.47. The number of carbonyl (C=O) groups excluding carboxylic acids is 1. The van der Waals surface area contributed by atoms with Crippen LogP contribution in [-0.4, -0.2) is 50.8 Å². The van der Waals surface area contributed by atoms with Crippen LogP contribution in [0.25, 0.3) is 0 Å². The summed E-state index contributed by atoms with van der Waals surface area (Å²) < 4.78 is 1.71. The molecule has 0 aromatic carbocycles. The smallest absolute Gasteiger partial charge is 0.322 e. The van der Waals surface area contributed by atoms with Gasteiger partial charge in [0.25, 0.3) is 0 Å². The Hall–Kier alpha value is -1.89. The number of carbonyl (C=O) groups is 2. The van der Waals surface area contributed by atoms with Crippen LogP contribution in [0.2, 0.25) is 0 Å². The van der Waals surface area contributed by atoms with Crippen molar-refractivity contribution in [1.29, 1.82) is 0 Å². The van der Waals surface area contributed by atoms with Crippen LogP contribution >= 0.6 is 0 Å². The van der Waals surface area contributed by atoms with Gasteiger partial charge in [-0.25, -0.2) is 0 Å². The van der Waals surface area contributed by atoms with Gasteiger partial charge in [-0.05, 0) is 13.0 Å². The van der Waals surface area contributed by atoms with Gasteiger partial charge >= 0.3 is 5.97 Å². The minimum atomic E-state index is -0.922. The highest BCUT2D eigenvalue weighted by Gasteiger charge is 2.32. The lowest BCUT2D eigenvalue weighted by molar-refractivity contribution is -0.146. The number of aryl methyl sites for hydroxylation is 2. The quantitative estimate of drug-likeness (QED) is 0.729. The van der Waals surface area contributed by atoms with Crippen LogP contribution in [0.15, 0.2) is 6.07 Å². The fraction of sp³-hybridized carbons (Fsp3) is 0.545. The van der Waals surface area contributed by atoms with Crippen LogP contribution in [0.3, 0.4) is 0 Å². The Morgan fingerprint density at radius 3 is 2.94 bits per heavy atom. The Kier molecular flexibility index (Phi) is 3.33. The zero-order valence-corrected chi connectivity index (χ0v) is 10.4. The van der Waals surface area contributed by atoms with Gasteiger partial charge in [-0.2, -0.15) is 5.10 Å². The lowest BCUT2D eigenvalue weighted by Gasteiger charge is -2.32. The Morgan fingerprint density at radius 2 is 2.39 bits per heavy atom. The van der Waals surface area contributed by atoms with E-state index in [9.17, 15) is 9.59 Å². The zero-order chi connectivity index (χ0) is 13.3. The molecule has 0 aliphatic carbocycles. The SMILES string of the molecule is Cc1cc(CN2CC(=O)NCC2C(=O)O)n(C)n1. The molecule has 1 aliphatic rings. The molecule has 2 rings (SSSR count). The largest absolute Gasteiger partial charge is 0.480 e. The minimum absolute atomic E-state index is 0.0984. The van der Waals surface area contributed by atoms with Crippen molar-refractivity contribution in [1.82, 2.24) is 20.0 Å². The molecular formula is C11H16N4O3. The third-order valence-electron chi connectivity index (χ3n) is 3.03. The molecule has 18 heavy (non-hydrogen) atoms. The van der Waals surface area contributed by atoms with E-state index in [4.69, 9.17) is 5.11 Å². The predicted octanol–water partition coefficient (Wildman–Crippen LogP) is -0.886. The van der Waals surface area contributed by atoms with Crippen LogP contribution in [0.4, 0.5) is 0 Å². The monoisotopic (exact) mass is 252 g/mol. The van der Waals surface area contributed by atoms with E-state index in [0.29, 0.717) is 6.54 Å². The summed E-state index contributed by atoms with van der Waals surface area (Å²) in [5.74, 6) is -1.07. The average Bonchev–Trinajstić information content (AvgIpc) is 2.57. The van der Waals surface area contributed by atoms with Gasteiger partial charge in [0.15, 0.2) is 0 Å². The van der Waals surface area contributed by atoms with Crippen molar-refractivity contribution in [2.45, 2.75) is 19.5 Å². The first-order valence-corrected chi connectivity index (χ1v) is 5.70. The number of rotatable bonds is 3. The van der Waals surface area contributed by atoms with Crippen molar-refractivity contribution < 1.29 is 14.7 Å². The summed E-state index contributed by atoms with van der Waals surface area (Å²) in [5, 5.41) is 15.9. The van der Waals surface area contributed by atoms with Gasteiger partial charge in [-0.3, -0.25) is 19.2 Å². The minimum Gasteiger partial charge on any atom is -0.480 e. The van der Waals surface area contributed by atoms with Gasteiger partial charge in [0.1, 0.15) is 6.04 Å². The third-order valence-corrected chi connectivity index (χ3v) is 3.03. The molecule has 98 valence electrons. The summed E-state index contributed by atoms with van der Waals surface area (Å²) in [6.07, 6.45) is 0. The number of nitrogens with zero attached hydrogens (tertiary/aromatic N) is 3. The summed E-state index contributed by atoms with van der Waals surface area (Å²) in [7, 11) is 1.81.